The number of halogens is 1. The molecule has 140 valence electrons. The number of hydrogen-bond donors (Lipinski definition) is 1. The monoisotopic (exact) mass is 374 g/mol. The van der Waals surface area contributed by atoms with E-state index in [9.17, 15) is 14.0 Å². The van der Waals surface area contributed by atoms with Gasteiger partial charge in [-0.3, -0.25) is 14.5 Å². The highest BCUT2D eigenvalue weighted by Crippen LogP contribution is 2.34. The largest absolute Gasteiger partial charge is 0.324 e. The van der Waals surface area contributed by atoms with Crippen LogP contribution in [0.25, 0.3) is 0 Å². The Bertz CT molecular complexity index is 1050. The summed E-state index contributed by atoms with van der Waals surface area (Å²) in [6.45, 7) is 1.73. The van der Waals surface area contributed by atoms with Crippen LogP contribution in [-0.2, 0) is 11.2 Å². The van der Waals surface area contributed by atoms with E-state index in [1.807, 2.05) is 30.3 Å². The summed E-state index contributed by atoms with van der Waals surface area (Å²) < 4.78 is 13.4. The van der Waals surface area contributed by atoms with Gasteiger partial charge in [-0.25, -0.2) is 4.39 Å². The van der Waals surface area contributed by atoms with Gasteiger partial charge in [-0.1, -0.05) is 36.4 Å². The van der Waals surface area contributed by atoms with Gasteiger partial charge in [0, 0.05) is 23.4 Å². The Hall–Kier alpha value is -3.47. The van der Waals surface area contributed by atoms with Crippen LogP contribution in [0.15, 0.2) is 72.8 Å². The molecular weight excluding hydrogens is 355 g/mol. The van der Waals surface area contributed by atoms with Crippen LogP contribution in [0.4, 0.5) is 15.8 Å². The SMILES string of the molecule is Cc1cc(F)ccc1NC(=O)C1Cc2ccccc2N1C(=O)c1ccccc1. The maximum absolute atomic E-state index is 13.4. The summed E-state index contributed by atoms with van der Waals surface area (Å²) in [6.07, 6.45) is 0.431. The first-order valence-corrected chi connectivity index (χ1v) is 9.08. The highest BCUT2D eigenvalue weighted by atomic mass is 19.1. The second-order valence-electron chi connectivity index (χ2n) is 6.84. The molecule has 28 heavy (non-hydrogen) atoms. The molecule has 4 nitrogen and oxygen atoms in total. The van der Waals surface area contributed by atoms with E-state index in [1.165, 1.54) is 18.2 Å². The topological polar surface area (TPSA) is 49.4 Å². The molecular formula is C23H19FN2O2. The highest BCUT2D eigenvalue weighted by molar-refractivity contribution is 6.13. The first kappa shape index (κ1) is 17.9. The average molecular weight is 374 g/mol. The minimum atomic E-state index is -0.672. The summed E-state index contributed by atoms with van der Waals surface area (Å²) in [5.74, 6) is -0.874. The molecule has 4 rings (SSSR count). The van der Waals surface area contributed by atoms with Crippen molar-refractivity contribution in [3.05, 3.63) is 95.3 Å². The predicted molar refractivity (Wildman–Crippen MR) is 107 cm³/mol. The van der Waals surface area contributed by atoms with Crippen molar-refractivity contribution in [3.8, 4) is 0 Å². The molecule has 1 aliphatic rings. The molecule has 1 aliphatic heterocycles. The zero-order valence-corrected chi connectivity index (χ0v) is 15.4. The molecule has 0 radical (unpaired) electrons. The van der Waals surface area contributed by atoms with Gasteiger partial charge in [0.15, 0.2) is 0 Å². The summed E-state index contributed by atoms with van der Waals surface area (Å²) in [5, 5.41) is 2.85. The van der Waals surface area contributed by atoms with Gasteiger partial charge >= 0.3 is 0 Å². The number of benzene rings is 3. The van der Waals surface area contributed by atoms with Crippen LogP contribution in [0.3, 0.4) is 0 Å². The summed E-state index contributed by atoms with van der Waals surface area (Å²) in [5.41, 5.74) is 3.38. The van der Waals surface area contributed by atoms with Crippen molar-refractivity contribution in [3.63, 3.8) is 0 Å². The van der Waals surface area contributed by atoms with E-state index in [2.05, 4.69) is 5.32 Å². The molecule has 5 heteroatoms. The van der Waals surface area contributed by atoms with Gasteiger partial charge in [-0.05, 0) is 54.4 Å². The van der Waals surface area contributed by atoms with Crippen molar-refractivity contribution in [2.45, 2.75) is 19.4 Å². The number of para-hydroxylation sites is 1. The molecule has 3 aromatic carbocycles. The van der Waals surface area contributed by atoms with Crippen molar-refractivity contribution in [2.75, 3.05) is 10.2 Å². The van der Waals surface area contributed by atoms with Crippen LogP contribution in [0, 0.1) is 12.7 Å². The van der Waals surface area contributed by atoms with E-state index in [0.717, 1.165) is 11.3 Å². The van der Waals surface area contributed by atoms with E-state index < -0.39 is 6.04 Å². The standard InChI is InChI=1S/C23H19FN2O2/c1-15-13-18(24)11-12-19(15)25-22(27)21-14-17-9-5-6-10-20(17)26(21)23(28)16-7-3-2-4-8-16/h2-13,21H,14H2,1H3,(H,25,27). The summed E-state index contributed by atoms with van der Waals surface area (Å²) in [7, 11) is 0. The van der Waals surface area contributed by atoms with Gasteiger partial charge in [0.1, 0.15) is 11.9 Å². The Balaban J connectivity index is 1.67. The van der Waals surface area contributed by atoms with Crippen molar-refractivity contribution in [2.24, 2.45) is 0 Å². The van der Waals surface area contributed by atoms with Crippen LogP contribution in [0.1, 0.15) is 21.5 Å². The van der Waals surface area contributed by atoms with Gasteiger partial charge in [0.2, 0.25) is 5.91 Å². The first-order valence-electron chi connectivity index (χ1n) is 9.08. The number of nitrogens with zero attached hydrogens (tertiary/aromatic N) is 1. The molecule has 0 fully saturated rings. The van der Waals surface area contributed by atoms with Crippen LogP contribution in [0.5, 0.6) is 0 Å². The smallest absolute Gasteiger partial charge is 0.259 e. The van der Waals surface area contributed by atoms with Gasteiger partial charge in [-0.15, -0.1) is 0 Å². The molecule has 0 bridgehead atoms. The fraction of sp³-hybridized carbons (Fsp3) is 0.130. The Morgan fingerprint density at radius 1 is 1.00 bits per heavy atom. The lowest BCUT2D eigenvalue weighted by molar-refractivity contribution is -0.117. The van der Waals surface area contributed by atoms with Crippen LogP contribution >= 0.6 is 0 Å². The number of rotatable bonds is 3. The second-order valence-corrected chi connectivity index (χ2v) is 6.84. The summed E-state index contributed by atoms with van der Waals surface area (Å²) in [4.78, 5) is 27.8. The minimum Gasteiger partial charge on any atom is -0.324 e. The van der Waals surface area contributed by atoms with Crippen molar-refractivity contribution in [1.29, 1.82) is 0 Å². The molecule has 0 saturated heterocycles. The summed E-state index contributed by atoms with van der Waals surface area (Å²) >= 11 is 0. The first-order chi connectivity index (χ1) is 13.5. The molecule has 2 amide bonds. The normalized spacial score (nSPS) is 15.2. The Kier molecular flexibility index (Phi) is 4.65. The third-order valence-electron chi connectivity index (χ3n) is 4.96. The quantitative estimate of drug-likeness (QED) is 0.741. The van der Waals surface area contributed by atoms with E-state index >= 15 is 0 Å². The third kappa shape index (κ3) is 3.27. The Labute approximate surface area is 162 Å². The van der Waals surface area contributed by atoms with Gasteiger partial charge < -0.3 is 5.32 Å². The zero-order chi connectivity index (χ0) is 19.7. The second kappa shape index (κ2) is 7.27. The Morgan fingerprint density at radius 2 is 1.71 bits per heavy atom. The van der Waals surface area contributed by atoms with Gasteiger partial charge in [0.25, 0.3) is 5.91 Å². The van der Waals surface area contributed by atoms with Crippen molar-refractivity contribution in [1.82, 2.24) is 0 Å². The number of carbonyl (C=O) groups is 2. The third-order valence-corrected chi connectivity index (χ3v) is 4.96. The number of amides is 2. The van der Waals surface area contributed by atoms with E-state index in [4.69, 9.17) is 0 Å². The van der Waals surface area contributed by atoms with Gasteiger partial charge in [0.05, 0.1) is 0 Å². The number of aryl methyl sites for hydroxylation is 1. The molecule has 1 N–H and O–H groups in total. The highest BCUT2D eigenvalue weighted by Gasteiger charge is 2.38. The van der Waals surface area contributed by atoms with E-state index in [0.29, 0.717) is 23.2 Å². The lowest BCUT2D eigenvalue weighted by Crippen LogP contribution is -2.45. The zero-order valence-electron chi connectivity index (χ0n) is 15.4. The van der Waals surface area contributed by atoms with Crippen LogP contribution in [0.2, 0.25) is 0 Å². The summed E-state index contributed by atoms with van der Waals surface area (Å²) in [6, 6.07) is 20.0. The van der Waals surface area contributed by atoms with Crippen LogP contribution in [-0.4, -0.2) is 17.9 Å². The number of carbonyl (C=O) groups excluding carboxylic acids is 2. The molecule has 3 aromatic rings. The molecule has 0 aromatic heterocycles. The average Bonchev–Trinajstić information content (AvgIpc) is 3.10. The molecule has 1 atom stereocenters. The molecule has 1 unspecified atom stereocenters. The number of nitrogens with one attached hydrogen (secondary N) is 1. The number of hydrogen-bond acceptors (Lipinski definition) is 2. The van der Waals surface area contributed by atoms with E-state index in [1.54, 1.807) is 36.1 Å². The molecule has 0 spiro atoms. The Morgan fingerprint density at radius 3 is 2.46 bits per heavy atom. The lowest BCUT2D eigenvalue weighted by atomic mass is 10.1. The number of fused-ring (bicyclic) bond motifs is 1. The van der Waals surface area contributed by atoms with Crippen molar-refractivity contribution >= 4 is 23.2 Å². The fourth-order valence-electron chi connectivity index (χ4n) is 3.55. The minimum absolute atomic E-state index is 0.221. The maximum Gasteiger partial charge on any atom is 0.259 e. The predicted octanol–water partition coefficient (Wildman–Crippen LogP) is 4.34. The lowest BCUT2D eigenvalue weighted by Gasteiger charge is -2.25. The fourth-order valence-corrected chi connectivity index (χ4v) is 3.55. The number of anilines is 2. The van der Waals surface area contributed by atoms with Gasteiger partial charge in [-0.2, -0.15) is 0 Å². The molecule has 0 saturated carbocycles. The van der Waals surface area contributed by atoms with Crippen LogP contribution < -0.4 is 10.2 Å². The molecule has 1 heterocycles. The molecule has 0 aliphatic carbocycles. The maximum atomic E-state index is 13.4. The van der Waals surface area contributed by atoms with E-state index in [-0.39, 0.29) is 17.6 Å². The van der Waals surface area contributed by atoms with Crippen molar-refractivity contribution < 1.29 is 14.0 Å².